The van der Waals surface area contributed by atoms with Crippen LogP contribution >= 0.6 is 11.6 Å². The highest BCUT2D eigenvalue weighted by molar-refractivity contribution is 6.31. The summed E-state index contributed by atoms with van der Waals surface area (Å²) in [6, 6.07) is 15.5. The van der Waals surface area contributed by atoms with Gasteiger partial charge in [0.1, 0.15) is 11.6 Å². The first-order valence-corrected chi connectivity index (χ1v) is 8.96. The van der Waals surface area contributed by atoms with E-state index < -0.39 is 10.8 Å². The van der Waals surface area contributed by atoms with Crippen LogP contribution in [0.1, 0.15) is 22.7 Å². The van der Waals surface area contributed by atoms with Gasteiger partial charge in [-0.15, -0.1) is 0 Å². The second kappa shape index (κ2) is 6.96. The number of allylic oxidation sites excluding steroid dienone is 1. The molecule has 1 aromatic heterocycles. The number of nitro groups is 1. The van der Waals surface area contributed by atoms with Gasteiger partial charge in [0, 0.05) is 17.2 Å². The Morgan fingerprint density at radius 3 is 2.69 bits per heavy atom. The Bertz CT molecular complexity index is 1210. The van der Waals surface area contributed by atoms with E-state index in [0.717, 1.165) is 5.69 Å². The second-order valence-electron chi connectivity index (χ2n) is 6.44. The molecule has 0 saturated carbocycles. The third-order valence-corrected chi connectivity index (χ3v) is 5.08. The van der Waals surface area contributed by atoms with E-state index in [1.165, 1.54) is 18.2 Å². The van der Waals surface area contributed by atoms with Gasteiger partial charge in [0.2, 0.25) is 11.8 Å². The van der Waals surface area contributed by atoms with Crippen LogP contribution in [0.4, 0.5) is 5.69 Å². The highest BCUT2D eigenvalue weighted by Crippen LogP contribution is 2.46. The lowest BCUT2D eigenvalue weighted by atomic mass is 9.84. The van der Waals surface area contributed by atoms with Crippen molar-refractivity contribution in [1.29, 1.82) is 5.26 Å². The van der Waals surface area contributed by atoms with Gasteiger partial charge in [0.15, 0.2) is 0 Å². The molecule has 4 rings (SSSR count). The van der Waals surface area contributed by atoms with Crippen LogP contribution in [0.25, 0.3) is 5.69 Å². The number of aromatic nitrogens is 2. The van der Waals surface area contributed by atoms with Crippen molar-refractivity contribution >= 4 is 17.3 Å². The number of nitrogens with zero attached hydrogens (tertiary/aromatic N) is 4. The van der Waals surface area contributed by atoms with Gasteiger partial charge in [-0.05, 0) is 30.7 Å². The molecule has 0 amide bonds. The third-order valence-electron chi connectivity index (χ3n) is 4.73. The standard InChI is InChI=1S/C20H14ClN5O3/c1-11-17-18(14-9-13(26(27)28)7-8-16(14)21)15(10-22)19(23)29-20(17)25(24-11)12-5-3-2-4-6-12/h2-9,18H,23H2,1H3/t18-/m1/s1. The van der Waals surface area contributed by atoms with E-state index in [0.29, 0.717) is 22.7 Å². The maximum absolute atomic E-state index is 11.3. The Kier molecular flexibility index (Phi) is 4.45. The van der Waals surface area contributed by atoms with Crippen molar-refractivity contribution in [3.05, 3.63) is 91.9 Å². The first-order valence-electron chi connectivity index (χ1n) is 8.58. The average Bonchev–Trinajstić information content (AvgIpc) is 3.04. The summed E-state index contributed by atoms with van der Waals surface area (Å²) in [4.78, 5) is 10.8. The van der Waals surface area contributed by atoms with Gasteiger partial charge in [0.05, 0.1) is 27.8 Å². The summed E-state index contributed by atoms with van der Waals surface area (Å²) in [6.07, 6.45) is 0. The van der Waals surface area contributed by atoms with Gasteiger partial charge in [0.25, 0.3) is 5.69 Å². The van der Waals surface area contributed by atoms with Crippen molar-refractivity contribution < 1.29 is 9.66 Å². The normalized spacial score (nSPS) is 15.4. The van der Waals surface area contributed by atoms with Crippen LogP contribution in [0, 0.1) is 28.4 Å². The molecule has 8 nitrogen and oxygen atoms in total. The monoisotopic (exact) mass is 407 g/mol. The summed E-state index contributed by atoms with van der Waals surface area (Å²) in [7, 11) is 0. The quantitative estimate of drug-likeness (QED) is 0.518. The molecular formula is C20H14ClN5O3. The molecule has 0 radical (unpaired) electrons. The maximum atomic E-state index is 11.3. The number of hydrogen-bond acceptors (Lipinski definition) is 6. The van der Waals surface area contributed by atoms with Crippen molar-refractivity contribution in [2.24, 2.45) is 5.73 Å². The fraction of sp³-hybridized carbons (Fsp3) is 0.100. The minimum absolute atomic E-state index is 0.0929. The van der Waals surface area contributed by atoms with E-state index in [9.17, 15) is 15.4 Å². The van der Waals surface area contributed by atoms with Gasteiger partial charge in [-0.25, -0.2) is 4.68 Å². The largest absolute Gasteiger partial charge is 0.422 e. The van der Waals surface area contributed by atoms with Crippen LogP contribution in [0.15, 0.2) is 60.0 Å². The van der Waals surface area contributed by atoms with E-state index in [1.807, 2.05) is 30.3 Å². The molecule has 0 aliphatic carbocycles. The summed E-state index contributed by atoms with van der Waals surface area (Å²) < 4.78 is 7.36. The van der Waals surface area contributed by atoms with Crippen molar-refractivity contribution in [3.63, 3.8) is 0 Å². The summed E-state index contributed by atoms with van der Waals surface area (Å²) in [5.41, 5.74) is 8.35. The first-order chi connectivity index (χ1) is 13.9. The molecule has 29 heavy (non-hydrogen) atoms. The molecule has 0 unspecified atom stereocenters. The Morgan fingerprint density at radius 1 is 1.31 bits per heavy atom. The first kappa shape index (κ1) is 18.5. The molecule has 9 heteroatoms. The van der Waals surface area contributed by atoms with E-state index in [1.54, 1.807) is 11.6 Å². The predicted octanol–water partition coefficient (Wildman–Crippen LogP) is 3.96. The lowest BCUT2D eigenvalue weighted by molar-refractivity contribution is -0.384. The molecule has 1 aliphatic rings. The maximum Gasteiger partial charge on any atom is 0.269 e. The molecule has 0 fully saturated rings. The fourth-order valence-electron chi connectivity index (χ4n) is 3.44. The minimum atomic E-state index is -0.742. The van der Waals surface area contributed by atoms with Gasteiger partial charge < -0.3 is 10.5 Å². The molecule has 2 N–H and O–H groups in total. The van der Waals surface area contributed by atoms with Crippen LogP contribution in [-0.2, 0) is 0 Å². The SMILES string of the molecule is Cc1nn(-c2ccccc2)c2c1[C@H](c1cc([N+](=O)[O-])ccc1Cl)C(C#N)=C(N)O2. The number of benzene rings is 2. The smallest absolute Gasteiger partial charge is 0.269 e. The highest BCUT2D eigenvalue weighted by Gasteiger charge is 2.37. The number of non-ortho nitro benzene ring substituents is 1. The Balaban J connectivity index is 2.00. The summed E-state index contributed by atoms with van der Waals surface area (Å²) in [5.74, 6) is -0.490. The highest BCUT2D eigenvalue weighted by atomic mass is 35.5. The molecule has 1 atom stereocenters. The molecular weight excluding hydrogens is 394 g/mol. The third kappa shape index (κ3) is 2.98. The zero-order valence-electron chi connectivity index (χ0n) is 15.2. The minimum Gasteiger partial charge on any atom is -0.422 e. The van der Waals surface area contributed by atoms with E-state index in [2.05, 4.69) is 11.2 Å². The number of nitriles is 1. The fourth-order valence-corrected chi connectivity index (χ4v) is 3.66. The zero-order valence-corrected chi connectivity index (χ0v) is 15.9. The van der Waals surface area contributed by atoms with Gasteiger partial charge >= 0.3 is 0 Å². The number of para-hydroxylation sites is 1. The number of hydrogen-bond donors (Lipinski definition) is 1. The molecule has 2 aromatic carbocycles. The Labute approximate surface area is 170 Å². The lowest BCUT2D eigenvalue weighted by Crippen LogP contribution is -2.22. The van der Waals surface area contributed by atoms with Gasteiger partial charge in [-0.2, -0.15) is 10.4 Å². The molecule has 1 aliphatic heterocycles. The molecule has 0 bridgehead atoms. The second-order valence-corrected chi connectivity index (χ2v) is 6.85. The Morgan fingerprint density at radius 2 is 2.03 bits per heavy atom. The van der Waals surface area contributed by atoms with Crippen molar-refractivity contribution in [3.8, 4) is 17.6 Å². The topological polar surface area (TPSA) is 120 Å². The van der Waals surface area contributed by atoms with Crippen LogP contribution in [0.2, 0.25) is 5.02 Å². The van der Waals surface area contributed by atoms with Gasteiger partial charge in [-0.1, -0.05) is 29.8 Å². The van der Waals surface area contributed by atoms with Crippen LogP contribution < -0.4 is 10.5 Å². The average molecular weight is 408 g/mol. The molecule has 3 aromatic rings. The number of ether oxygens (including phenoxy) is 1. The number of nitro benzene ring substituents is 1. The van der Waals surface area contributed by atoms with E-state index in [-0.39, 0.29) is 22.2 Å². The van der Waals surface area contributed by atoms with Crippen molar-refractivity contribution in [2.45, 2.75) is 12.8 Å². The zero-order chi connectivity index (χ0) is 20.7. The predicted molar refractivity (Wildman–Crippen MR) is 106 cm³/mol. The van der Waals surface area contributed by atoms with E-state index >= 15 is 0 Å². The van der Waals surface area contributed by atoms with Crippen molar-refractivity contribution in [1.82, 2.24) is 9.78 Å². The van der Waals surface area contributed by atoms with E-state index in [4.69, 9.17) is 22.1 Å². The van der Waals surface area contributed by atoms with Gasteiger partial charge in [-0.3, -0.25) is 10.1 Å². The lowest BCUT2D eigenvalue weighted by Gasteiger charge is -2.25. The molecule has 144 valence electrons. The van der Waals surface area contributed by atoms with Crippen LogP contribution in [0.3, 0.4) is 0 Å². The molecule has 0 saturated heterocycles. The number of halogens is 1. The number of fused-ring (bicyclic) bond motifs is 1. The summed E-state index contributed by atoms with van der Waals surface area (Å²) in [6.45, 7) is 1.77. The molecule has 0 spiro atoms. The van der Waals surface area contributed by atoms with Crippen LogP contribution in [-0.4, -0.2) is 14.7 Å². The summed E-state index contributed by atoms with van der Waals surface area (Å²) in [5, 5.41) is 25.8. The van der Waals surface area contributed by atoms with Crippen LogP contribution in [0.5, 0.6) is 5.88 Å². The number of rotatable bonds is 3. The number of aryl methyl sites for hydroxylation is 1. The van der Waals surface area contributed by atoms with Crippen molar-refractivity contribution in [2.75, 3.05) is 0 Å². The number of nitrogens with two attached hydrogens (primary N) is 1. The summed E-state index contributed by atoms with van der Waals surface area (Å²) >= 11 is 6.38. The Hall–Kier alpha value is -3.83. The molecule has 2 heterocycles.